The van der Waals surface area contributed by atoms with Crippen LogP contribution in [0.5, 0.6) is 0 Å². The molecule has 2 unspecified atom stereocenters. The Morgan fingerprint density at radius 1 is 1.53 bits per heavy atom. The van der Waals surface area contributed by atoms with Crippen LogP contribution in [0.2, 0.25) is 0 Å². The lowest BCUT2D eigenvalue weighted by Crippen LogP contribution is -2.20. The molecule has 94 valence electrons. The van der Waals surface area contributed by atoms with Gasteiger partial charge < -0.3 is 10.4 Å². The van der Waals surface area contributed by atoms with E-state index in [2.05, 4.69) is 31.1 Å². The van der Waals surface area contributed by atoms with E-state index in [1.165, 1.54) is 6.20 Å². The normalized spacial score (nSPS) is 14.1. The Morgan fingerprint density at radius 2 is 2.24 bits per heavy atom. The first-order valence-electron chi connectivity index (χ1n) is 5.98. The number of rotatable bonds is 6. The summed E-state index contributed by atoms with van der Waals surface area (Å²) in [7, 11) is 0. The van der Waals surface area contributed by atoms with Gasteiger partial charge >= 0.3 is 5.97 Å². The fraction of sp³-hybridized carbons (Fsp3) is 0.538. The van der Waals surface area contributed by atoms with Gasteiger partial charge in [-0.1, -0.05) is 20.3 Å². The maximum absolute atomic E-state index is 11.0. The molecule has 1 rings (SSSR count). The molecule has 4 heteroatoms. The summed E-state index contributed by atoms with van der Waals surface area (Å²) in [4.78, 5) is 14.8. The highest BCUT2D eigenvalue weighted by molar-refractivity contribution is 5.93. The number of pyridine rings is 1. The van der Waals surface area contributed by atoms with Crippen molar-refractivity contribution in [3.05, 3.63) is 24.0 Å². The first kappa shape index (κ1) is 13.5. The molecule has 1 aromatic rings. The SMILES string of the molecule is CCC(C)CC(C)Nc1ccncc1C(=O)O. The average Bonchev–Trinajstić information content (AvgIpc) is 2.29. The predicted octanol–water partition coefficient (Wildman–Crippen LogP) is 3.02. The van der Waals surface area contributed by atoms with E-state index in [1.807, 2.05) is 0 Å². The molecule has 0 saturated heterocycles. The minimum Gasteiger partial charge on any atom is -0.478 e. The van der Waals surface area contributed by atoms with Crippen LogP contribution in [0.15, 0.2) is 18.5 Å². The number of hydrogen-bond donors (Lipinski definition) is 2. The molecule has 0 radical (unpaired) electrons. The Labute approximate surface area is 102 Å². The molecule has 0 bridgehead atoms. The summed E-state index contributed by atoms with van der Waals surface area (Å²) in [5.74, 6) is -0.316. The van der Waals surface area contributed by atoms with E-state index in [9.17, 15) is 4.79 Å². The fourth-order valence-electron chi connectivity index (χ4n) is 1.79. The van der Waals surface area contributed by atoms with E-state index in [4.69, 9.17) is 5.11 Å². The molecule has 0 saturated carbocycles. The second kappa shape index (κ2) is 6.23. The molecule has 0 spiro atoms. The number of aromatic nitrogens is 1. The number of carbonyl (C=O) groups is 1. The van der Waals surface area contributed by atoms with Gasteiger partial charge in [-0.3, -0.25) is 4.98 Å². The van der Waals surface area contributed by atoms with E-state index in [0.29, 0.717) is 11.6 Å². The largest absolute Gasteiger partial charge is 0.478 e. The summed E-state index contributed by atoms with van der Waals surface area (Å²) in [6.45, 7) is 6.42. The summed E-state index contributed by atoms with van der Waals surface area (Å²) >= 11 is 0. The van der Waals surface area contributed by atoms with Crippen molar-refractivity contribution in [2.75, 3.05) is 5.32 Å². The molecule has 2 atom stereocenters. The third kappa shape index (κ3) is 4.06. The van der Waals surface area contributed by atoms with Crippen LogP contribution < -0.4 is 5.32 Å². The van der Waals surface area contributed by atoms with Crippen molar-refractivity contribution in [2.24, 2.45) is 5.92 Å². The molecule has 0 amide bonds. The van der Waals surface area contributed by atoms with Crippen LogP contribution in [-0.4, -0.2) is 22.1 Å². The maximum Gasteiger partial charge on any atom is 0.339 e. The van der Waals surface area contributed by atoms with Crippen molar-refractivity contribution in [3.63, 3.8) is 0 Å². The molecular formula is C13H20N2O2. The van der Waals surface area contributed by atoms with E-state index in [-0.39, 0.29) is 11.6 Å². The Balaban J connectivity index is 2.71. The van der Waals surface area contributed by atoms with E-state index in [0.717, 1.165) is 12.8 Å². The second-order valence-corrected chi connectivity index (χ2v) is 4.52. The molecule has 4 nitrogen and oxygen atoms in total. The quantitative estimate of drug-likeness (QED) is 0.797. The summed E-state index contributed by atoms with van der Waals surface area (Å²) in [6, 6.07) is 1.96. The Kier molecular flexibility index (Phi) is 4.94. The standard InChI is InChI=1S/C13H20N2O2/c1-4-9(2)7-10(3)15-12-5-6-14-8-11(12)13(16)17/h5-6,8-10H,4,7H2,1-3H3,(H,14,15)(H,16,17). The predicted molar refractivity (Wildman–Crippen MR) is 68.4 cm³/mol. The summed E-state index contributed by atoms with van der Waals surface area (Å²) < 4.78 is 0. The van der Waals surface area contributed by atoms with Crippen molar-refractivity contribution in [1.82, 2.24) is 4.98 Å². The van der Waals surface area contributed by atoms with Gasteiger partial charge in [0.15, 0.2) is 0 Å². The van der Waals surface area contributed by atoms with Gasteiger partial charge in [-0.15, -0.1) is 0 Å². The van der Waals surface area contributed by atoms with E-state index >= 15 is 0 Å². The lowest BCUT2D eigenvalue weighted by atomic mass is 10.00. The van der Waals surface area contributed by atoms with E-state index in [1.54, 1.807) is 12.3 Å². The molecule has 1 heterocycles. The van der Waals surface area contributed by atoms with Gasteiger partial charge in [0.05, 0.1) is 5.69 Å². The molecule has 17 heavy (non-hydrogen) atoms. The van der Waals surface area contributed by atoms with Crippen molar-refractivity contribution in [3.8, 4) is 0 Å². The van der Waals surface area contributed by atoms with Gasteiger partial charge in [0.1, 0.15) is 5.56 Å². The monoisotopic (exact) mass is 236 g/mol. The minimum atomic E-state index is -0.948. The average molecular weight is 236 g/mol. The lowest BCUT2D eigenvalue weighted by Gasteiger charge is -2.19. The number of carboxylic acids is 1. The van der Waals surface area contributed by atoms with Crippen LogP contribution in [0.25, 0.3) is 0 Å². The van der Waals surface area contributed by atoms with Crippen molar-refractivity contribution < 1.29 is 9.90 Å². The number of anilines is 1. The van der Waals surface area contributed by atoms with Crippen LogP contribution in [0.1, 0.15) is 44.0 Å². The maximum atomic E-state index is 11.0. The number of hydrogen-bond acceptors (Lipinski definition) is 3. The molecule has 0 aliphatic carbocycles. The number of carboxylic acid groups (broad SMARTS) is 1. The zero-order chi connectivity index (χ0) is 12.8. The topological polar surface area (TPSA) is 62.2 Å². The smallest absolute Gasteiger partial charge is 0.339 e. The van der Waals surface area contributed by atoms with Gasteiger partial charge in [-0.2, -0.15) is 0 Å². The van der Waals surface area contributed by atoms with Crippen LogP contribution in [0, 0.1) is 5.92 Å². The van der Waals surface area contributed by atoms with Gasteiger partial charge in [0.25, 0.3) is 0 Å². The Bertz CT molecular complexity index is 379. The molecule has 0 aromatic carbocycles. The van der Waals surface area contributed by atoms with Gasteiger partial charge in [0, 0.05) is 18.4 Å². The fourth-order valence-corrected chi connectivity index (χ4v) is 1.79. The van der Waals surface area contributed by atoms with Crippen molar-refractivity contribution >= 4 is 11.7 Å². The number of nitrogens with one attached hydrogen (secondary N) is 1. The first-order valence-corrected chi connectivity index (χ1v) is 5.98. The van der Waals surface area contributed by atoms with Crippen molar-refractivity contribution in [1.29, 1.82) is 0 Å². The first-order chi connectivity index (χ1) is 8.04. The second-order valence-electron chi connectivity index (χ2n) is 4.52. The third-order valence-electron chi connectivity index (χ3n) is 2.91. The van der Waals surface area contributed by atoms with Gasteiger partial charge in [-0.25, -0.2) is 4.79 Å². The number of aromatic carboxylic acids is 1. The molecular weight excluding hydrogens is 216 g/mol. The highest BCUT2D eigenvalue weighted by atomic mass is 16.4. The Morgan fingerprint density at radius 3 is 2.82 bits per heavy atom. The lowest BCUT2D eigenvalue weighted by molar-refractivity contribution is 0.0697. The summed E-state index contributed by atoms with van der Waals surface area (Å²) in [6.07, 6.45) is 5.14. The van der Waals surface area contributed by atoms with Crippen molar-refractivity contribution in [2.45, 2.75) is 39.7 Å². The molecule has 1 aromatic heterocycles. The zero-order valence-electron chi connectivity index (χ0n) is 10.6. The minimum absolute atomic E-state index is 0.225. The van der Waals surface area contributed by atoms with E-state index < -0.39 is 5.97 Å². The molecule has 0 aliphatic rings. The van der Waals surface area contributed by atoms with Gasteiger partial charge in [-0.05, 0) is 25.3 Å². The number of nitrogens with zero attached hydrogens (tertiary/aromatic N) is 1. The highest BCUT2D eigenvalue weighted by Gasteiger charge is 2.13. The highest BCUT2D eigenvalue weighted by Crippen LogP contribution is 2.18. The molecule has 0 aliphatic heterocycles. The van der Waals surface area contributed by atoms with Crippen LogP contribution >= 0.6 is 0 Å². The van der Waals surface area contributed by atoms with Crippen LogP contribution in [0.3, 0.4) is 0 Å². The summed E-state index contributed by atoms with van der Waals surface area (Å²) in [5, 5.41) is 12.3. The van der Waals surface area contributed by atoms with Crippen LogP contribution in [0.4, 0.5) is 5.69 Å². The van der Waals surface area contributed by atoms with Crippen LogP contribution in [-0.2, 0) is 0 Å². The van der Waals surface area contributed by atoms with Gasteiger partial charge in [0.2, 0.25) is 0 Å². The third-order valence-corrected chi connectivity index (χ3v) is 2.91. The Hall–Kier alpha value is -1.58. The molecule has 0 fully saturated rings. The zero-order valence-corrected chi connectivity index (χ0v) is 10.6. The summed E-state index contributed by atoms with van der Waals surface area (Å²) in [5.41, 5.74) is 0.867. The molecule has 2 N–H and O–H groups in total.